The summed E-state index contributed by atoms with van der Waals surface area (Å²) in [5.41, 5.74) is 0. The van der Waals surface area contributed by atoms with Gasteiger partial charge in [0.2, 0.25) is 11.8 Å². The molecule has 0 heterocycles. The number of amides is 2. The van der Waals surface area contributed by atoms with Gasteiger partial charge >= 0.3 is 11.9 Å². The molecule has 0 aliphatic rings. The van der Waals surface area contributed by atoms with Crippen molar-refractivity contribution in [1.82, 2.24) is 10.6 Å². The lowest BCUT2D eigenvalue weighted by atomic mass is 10.0. The van der Waals surface area contributed by atoms with Crippen LogP contribution in [-0.2, 0) is 23.9 Å². The van der Waals surface area contributed by atoms with Gasteiger partial charge in [-0.15, -0.1) is 0 Å². The highest BCUT2D eigenvalue weighted by Gasteiger charge is 2.18. The molecule has 2 amide bonds. The molecule has 0 rings (SSSR count). The number of aliphatic hydroxyl groups is 1. The van der Waals surface area contributed by atoms with Crippen LogP contribution in [0.4, 0.5) is 0 Å². The predicted molar refractivity (Wildman–Crippen MR) is 195 cm³/mol. The Morgan fingerprint density at radius 1 is 0.625 bits per heavy atom. The highest BCUT2D eigenvalue weighted by atomic mass is 16.5. The molecule has 2 atom stereocenters. The average molecular weight is 681 g/mol. The molecule has 48 heavy (non-hydrogen) atoms. The summed E-state index contributed by atoms with van der Waals surface area (Å²) < 4.78 is 5.87. The van der Waals surface area contributed by atoms with Gasteiger partial charge < -0.3 is 25.6 Å². The van der Waals surface area contributed by atoms with Crippen LogP contribution in [0.15, 0.2) is 12.2 Å². The van der Waals surface area contributed by atoms with Crippen LogP contribution in [0.3, 0.4) is 0 Å². The van der Waals surface area contributed by atoms with Crippen LogP contribution in [-0.4, -0.2) is 59.3 Å². The molecule has 0 spiro atoms. The average Bonchev–Trinajstić information content (AvgIpc) is 3.07. The molecule has 0 aromatic heterocycles. The molecule has 9 nitrogen and oxygen atoms in total. The van der Waals surface area contributed by atoms with E-state index in [1.807, 2.05) is 0 Å². The van der Waals surface area contributed by atoms with Gasteiger partial charge in [0.25, 0.3) is 0 Å². The molecule has 0 aromatic carbocycles. The maximum atomic E-state index is 12.6. The van der Waals surface area contributed by atoms with Gasteiger partial charge in [-0.05, 0) is 44.6 Å². The maximum Gasteiger partial charge on any atom is 0.328 e. The van der Waals surface area contributed by atoms with Crippen molar-refractivity contribution in [3.05, 3.63) is 12.2 Å². The number of nitrogens with one attached hydrogen (secondary N) is 2. The second kappa shape index (κ2) is 34.4. The van der Waals surface area contributed by atoms with E-state index in [9.17, 15) is 19.2 Å². The smallest absolute Gasteiger partial charge is 0.328 e. The van der Waals surface area contributed by atoms with E-state index in [-0.39, 0.29) is 30.9 Å². The SMILES string of the molecule is CCCCCC/C=C\C(CCCCCCC(=O)NCC(=O)NC(CO)C(=O)O)OC(=O)CCCCCCCCCCCCCCCCC. The highest BCUT2D eigenvalue weighted by Crippen LogP contribution is 2.16. The van der Waals surface area contributed by atoms with Gasteiger partial charge in [-0.3, -0.25) is 14.4 Å². The van der Waals surface area contributed by atoms with Crippen LogP contribution in [0, 0.1) is 0 Å². The quantitative estimate of drug-likeness (QED) is 0.0298. The topological polar surface area (TPSA) is 142 Å². The number of aliphatic hydroxyl groups excluding tert-OH is 1. The summed E-state index contributed by atoms with van der Waals surface area (Å²) >= 11 is 0. The van der Waals surface area contributed by atoms with E-state index in [1.54, 1.807) is 0 Å². The number of hydrogen-bond acceptors (Lipinski definition) is 6. The fourth-order valence-electron chi connectivity index (χ4n) is 5.68. The Morgan fingerprint density at radius 3 is 1.62 bits per heavy atom. The van der Waals surface area contributed by atoms with Crippen molar-refractivity contribution in [2.45, 2.75) is 199 Å². The molecule has 0 fully saturated rings. The summed E-state index contributed by atoms with van der Waals surface area (Å²) in [6.45, 7) is 3.42. The second-order valence-electron chi connectivity index (χ2n) is 13.4. The lowest BCUT2D eigenvalue weighted by Gasteiger charge is -2.15. The van der Waals surface area contributed by atoms with E-state index in [0.717, 1.165) is 51.4 Å². The van der Waals surface area contributed by atoms with E-state index in [4.69, 9.17) is 14.9 Å². The summed E-state index contributed by atoms with van der Waals surface area (Å²) in [5, 5.41) is 22.5. The number of hydrogen-bond donors (Lipinski definition) is 4. The summed E-state index contributed by atoms with van der Waals surface area (Å²) in [5.74, 6) is -2.39. The van der Waals surface area contributed by atoms with Crippen LogP contribution in [0.5, 0.6) is 0 Å². The summed E-state index contributed by atoms with van der Waals surface area (Å²) in [7, 11) is 0. The van der Waals surface area contributed by atoms with E-state index in [2.05, 4.69) is 36.6 Å². The molecule has 0 aromatic rings. The van der Waals surface area contributed by atoms with Crippen LogP contribution >= 0.6 is 0 Å². The number of ether oxygens (including phenoxy) is 1. The first-order valence-electron chi connectivity index (χ1n) is 19.6. The third-order valence-electron chi connectivity index (χ3n) is 8.75. The summed E-state index contributed by atoms with van der Waals surface area (Å²) in [4.78, 5) is 47.3. The Labute approximate surface area is 292 Å². The molecule has 0 bridgehead atoms. The van der Waals surface area contributed by atoms with Gasteiger partial charge in [-0.25, -0.2) is 4.79 Å². The Hall–Kier alpha value is -2.42. The van der Waals surface area contributed by atoms with Crippen molar-refractivity contribution in [2.24, 2.45) is 0 Å². The van der Waals surface area contributed by atoms with Crippen molar-refractivity contribution in [2.75, 3.05) is 13.2 Å². The van der Waals surface area contributed by atoms with E-state index >= 15 is 0 Å². The predicted octanol–water partition coefficient (Wildman–Crippen LogP) is 8.70. The molecule has 9 heteroatoms. The normalized spacial score (nSPS) is 12.6. The van der Waals surface area contributed by atoms with Gasteiger partial charge in [0, 0.05) is 12.8 Å². The molecule has 0 saturated carbocycles. The minimum absolute atomic E-state index is 0.111. The molecule has 4 N–H and O–H groups in total. The van der Waals surface area contributed by atoms with Crippen molar-refractivity contribution in [3.63, 3.8) is 0 Å². The number of rotatable bonds is 35. The summed E-state index contributed by atoms with van der Waals surface area (Å²) in [6, 6.07) is -1.39. The third kappa shape index (κ3) is 30.9. The fraction of sp³-hybridized carbons (Fsp3) is 0.846. The van der Waals surface area contributed by atoms with Gasteiger partial charge in [0.05, 0.1) is 13.2 Å². The third-order valence-corrected chi connectivity index (χ3v) is 8.75. The Kier molecular flexibility index (Phi) is 32.7. The lowest BCUT2D eigenvalue weighted by Crippen LogP contribution is -2.47. The number of carboxylic acids is 1. The van der Waals surface area contributed by atoms with Gasteiger partial charge in [0.15, 0.2) is 0 Å². The minimum atomic E-state index is -1.39. The maximum absolute atomic E-state index is 12.6. The molecule has 0 radical (unpaired) electrons. The number of carboxylic acid groups (broad SMARTS) is 1. The molecular weight excluding hydrogens is 608 g/mol. The number of carbonyl (C=O) groups is 4. The Bertz CT molecular complexity index is 833. The van der Waals surface area contributed by atoms with E-state index in [1.165, 1.54) is 103 Å². The number of allylic oxidation sites excluding steroid dienone is 1. The number of carbonyl (C=O) groups excluding carboxylic acids is 3. The molecule has 0 aliphatic carbocycles. The van der Waals surface area contributed by atoms with Crippen molar-refractivity contribution >= 4 is 23.8 Å². The van der Waals surface area contributed by atoms with Crippen molar-refractivity contribution in [3.8, 4) is 0 Å². The first-order valence-corrected chi connectivity index (χ1v) is 19.6. The Balaban J connectivity index is 4.15. The highest BCUT2D eigenvalue weighted by molar-refractivity contribution is 5.87. The number of esters is 1. The zero-order chi connectivity index (χ0) is 35.5. The zero-order valence-electron chi connectivity index (χ0n) is 30.8. The van der Waals surface area contributed by atoms with Crippen LogP contribution in [0.2, 0.25) is 0 Å². The molecule has 0 saturated heterocycles. The first kappa shape index (κ1) is 45.6. The second-order valence-corrected chi connectivity index (χ2v) is 13.4. The van der Waals surface area contributed by atoms with Gasteiger partial charge in [0.1, 0.15) is 12.1 Å². The van der Waals surface area contributed by atoms with Gasteiger partial charge in [-0.1, -0.05) is 142 Å². The minimum Gasteiger partial charge on any atom is -0.480 e. The molecule has 0 aliphatic heterocycles. The van der Waals surface area contributed by atoms with E-state index in [0.29, 0.717) is 12.8 Å². The number of unbranched alkanes of at least 4 members (excludes halogenated alkanes) is 21. The van der Waals surface area contributed by atoms with Crippen LogP contribution in [0.1, 0.15) is 187 Å². The number of aliphatic carboxylic acids is 1. The van der Waals surface area contributed by atoms with E-state index < -0.39 is 24.5 Å². The molecule has 2 unspecified atom stereocenters. The van der Waals surface area contributed by atoms with Crippen LogP contribution < -0.4 is 10.6 Å². The van der Waals surface area contributed by atoms with Crippen molar-refractivity contribution < 1.29 is 34.1 Å². The Morgan fingerprint density at radius 2 is 1.10 bits per heavy atom. The van der Waals surface area contributed by atoms with Crippen molar-refractivity contribution in [1.29, 1.82) is 0 Å². The summed E-state index contributed by atoms with van der Waals surface area (Å²) in [6.07, 6.45) is 34.1. The van der Waals surface area contributed by atoms with Crippen LogP contribution in [0.25, 0.3) is 0 Å². The standard InChI is InChI=1S/C39H72N2O7/c1-3-5-7-9-11-12-13-14-15-16-17-18-19-21-27-31-38(45)48-34(28-24-20-10-8-6-4-2)29-25-22-23-26-30-36(43)40-32-37(44)41-35(33-42)39(46)47/h24,28,34-35,42H,3-23,25-27,29-33H2,1-2H3,(H,40,43)(H,41,44)(H,46,47)/b28-24-. The lowest BCUT2D eigenvalue weighted by molar-refractivity contribution is -0.147. The van der Waals surface area contributed by atoms with Gasteiger partial charge in [-0.2, -0.15) is 0 Å². The molecular formula is C39H72N2O7. The molecule has 280 valence electrons. The first-order chi connectivity index (χ1) is 23.3. The fourth-order valence-corrected chi connectivity index (χ4v) is 5.68. The monoisotopic (exact) mass is 681 g/mol. The zero-order valence-corrected chi connectivity index (χ0v) is 30.8. The largest absolute Gasteiger partial charge is 0.480 e.